The van der Waals surface area contributed by atoms with E-state index >= 15 is 0 Å². The number of nitriles is 1. The molecule has 2 aromatic carbocycles. The van der Waals surface area contributed by atoms with Gasteiger partial charge in [0.1, 0.15) is 12.4 Å². The highest BCUT2D eigenvalue weighted by molar-refractivity contribution is 5.81. The molecule has 0 unspecified atom stereocenters. The first-order valence-corrected chi connectivity index (χ1v) is 6.78. The maximum Gasteiger partial charge on any atom is 0.119 e. The van der Waals surface area contributed by atoms with Crippen LogP contribution in [-0.2, 0) is 13.0 Å². The number of hydrogen-bond acceptors (Lipinski definition) is 3. The highest BCUT2D eigenvalue weighted by Crippen LogP contribution is 2.19. The van der Waals surface area contributed by atoms with Gasteiger partial charge in [0, 0.05) is 17.1 Å². The second-order valence-electron chi connectivity index (χ2n) is 4.76. The highest BCUT2D eigenvalue weighted by atomic mass is 16.5. The minimum Gasteiger partial charge on any atom is -0.489 e. The molecule has 0 bridgehead atoms. The molecule has 0 aliphatic heterocycles. The van der Waals surface area contributed by atoms with E-state index < -0.39 is 0 Å². The zero-order valence-electron chi connectivity index (χ0n) is 11.5. The molecule has 3 heteroatoms. The van der Waals surface area contributed by atoms with Crippen LogP contribution in [0.15, 0.2) is 60.8 Å². The average Bonchev–Trinajstić information content (AvgIpc) is 2.54. The summed E-state index contributed by atoms with van der Waals surface area (Å²) in [6.45, 7) is 0.478. The maximum absolute atomic E-state index is 8.65. The molecule has 3 aromatic rings. The predicted octanol–water partition coefficient (Wildman–Crippen LogP) is 3.88. The SMILES string of the molecule is N#CCc1ccc(OCc2cccc3cccnc23)cc1. The van der Waals surface area contributed by atoms with Crippen molar-refractivity contribution in [3.05, 3.63) is 71.9 Å². The lowest BCUT2D eigenvalue weighted by molar-refractivity contribution is 0.307. The molecule has 0 aliphatic carbocycles. The second kappa shape index (κ2) is 6.06. The Bertz CT molecular complexity index is 783. The second-order valence-corrected chi connectivity index (χ2v) is 4.76. The molecule has 1 heterocycles. The Kier molecular flexibility index (Phi) is 3.79. The molecule has 0 fully saturated rings. The Morgan fingerprint density at radius 1 is 1.00 bits per heavy atom. The Morgan fingerprint density at radius 3 is 2.62 bits per heavy atom. The van der Waals surface area contributed by atoms with Crippen molar-refractivity contribution in [2.75, 3.05) is 0 Å². The van der Waals surface area contributed by atoms with E-state index in [4.69, 9.17) is 10.00 Å². The number of hydrogen-bond donors (Lipinski definition) is 0. The predicted molar refractivity (Wildman–Crippen MR) is 81.8 cm³/mol. The van der Waals surface area contributed by atoms with Crippen LogP contribution in [0, 0.1) is 11.3 Å². The van der Waals surface area contributed by atoms with E-state index in [1.165, 1.54) is 0 Å². The van der Waals surface area contributed by atoms with Gasteiger partial charge in [0.15, 0.2) is 0 Å². The third-order valence-electron chi connectivity index (χ3n) is 3.32. The fourth-order valence-corrected chi connectivity index (χ4v) is 2.24. The zero-order valence-corrected chi connectivity index (χ0v) is 11.5. The van der Waals surface area contributed by atoms with Crippen LogP contribution in [0.5, 0.6) is 5.75 Å². The van der Waals surface area contributed by atoms with Crippen LogP contribution >= 0.6 is 0 Å². The Hall–Kier alpha value is -2.86. The number of para-hydroxylation sites is 1. The van der Waals surface area contributed by atoms with E-state index in [9.17, 15) is 0 Å². The lowest BCUT2D eigenvalue weighted by Crippen LogP contribution is -1.97. The zero-order chi connectivity index (χ0) is 14.5. The first kappa shape index (κ1) is 13.1. The van der Waals surface area contributed by atoms with Gasteiger partial charge < -0.3 is 4.74 Å². The molecule has 0 radical (unpaired) electrons. The molecule has 1 aromatic heterocycles. The fraction of sp³-hybridized carbons (Fsp3) is 0.111. The Labute approximate surface area is 123 Å². The summed E-state index contributed by atoms with van der Waals surface area (Å²) in [5.41, 5.74) is 3.03. The molecule has 0 saturated carbocycles. The molecule has 0 saturated heterocycles. The molecule has 0 atom stereocenters. The topological polar surface area (TPSA) is 45.9 Å². The van der Waals surface area contributed by atoms with Crippen LogP contribution in [0.25, 0.3) is 10.9 Å². The first-order valence-electron chi connectivity index (χ1n) is 6.78. The summed E-state index contributed by atoms with van der Waals surface area (Å²) < 4.78 is 5.81. The third-order valence-corrected chi connectivity index (χ3v) is 3.32. The van der Waals surface area contributed by atoms with Crippen molar-refractivity contribution in [1.29, 1.82) is 5.26 Å². The van der Waals surface area contributed by atoms with Crippen LogP contribution in [0.2, 0.25) is 0 Å². The van der Waals surface area contributed by atoms with Crippen LogP contribution in [0.3, 0.4) is 0 Å². The lowest BCUT2D eigenvalue weighted by atomic mass is 10.1. The van der Waals surface area contributed by atoms with E-state index in [1.807, 2.05) is 54.6 Å². The summed E-state index contributed by atoms with van der Waals surface area (Å²) in [5.74, 6) is 0.796. The Balaban J connectivity index is 1.76. The number of nitrogens with zero attached hydrogens (tertiary/aromatic N) is 2. The monoisotopic (exact) mass is 274 g/mol. The highest BCUT2D eigenvalue weighted by Gasteiger charge is 2.03. The summed E-state index contributed by atoms with van der Waals surface area (Å²) in [6, 6.07) is 19.8. The van der Waals surface area contributed by atoms with Crippen molar-refractivity contribution in [1.82, 2.24) is 4.98 Å². The molecule has 3 rings (SSSR count). The number of fused-ring (bicyclic) bond motifs is 1. The van der Waals surface area contributed by atoms with Crippen molar-refractivity contribution < 1.29 is 4.74 Å². The van der Waals surface area contributed by atoms with Crippen LogP contribution < -0.4 is 4.74 Å². The number of rotatable bonds is 4. The maximum atomic E-state index is 8.65. The standard InChI is InChI=1S/C18H14N2O/c19-11-10-14-6-8-17(9-7-14)21-13-16-4-1-3-15-5-2-12-20-18(15)16/h1-9,12H,10,13H2. The summed E-state index contributed by atoms with van der Waals surface area (Å²) in [6.07, 6.45) is 2.22. The molecule has 0 spiro atoms. The van der Waals surface area contributed by atoms with Gasteiger partial charge in [-0.25, -0.2) is 0 Å². The number of aromatic nitrogens is 1. The minimum absolute atomic E-state index is 0.424. The van der Waals surface area contributed by atoms with E-state index in [0.29, 0.717) is 13.0 Å². The molecule has 0 N–H and O–H groups in total. The van der Waals surface area contributed by atoms with Crippen molar-refractivity contribution in [2.24, 2.45) is 0 Å². The van der Waals surface area contributed by atoms with Crippen LogP contribution in [0.1, 0.15) is 11.1 Å². The van der Waals surface area contributed by atoms with Crippen LogP contribution in [-0.4, -0.2) is 4.98 Å². The van der Waals surface area contributed by atoms with Crippen molar-refractivity contribution >= 4 is 10.9 Å². The minimum atomic E-state index is 0.424. The van der Waals surface area contributed by atoms with Gasteiger partial charge in [0.2, 0.25) is 0 Å². The van der Waals surface area contributed by atoms with Gasteiger partial charge in [-0.15, -0.1) is 0 Å². The van der Waals surface area contributed by atoms with Gasteiger partial charge in [-0.3, -0.25) is 4.98 Å². The summed E-state index contributed by atoms with van der Waals surface area (Å²) >= 11 is 0. The quantitative estimate of drug-likeness (QED) is 0.725. The van der Waals surface area contributed by atoms with Crippen molar-refractivity contribution in [3.8, 4) is 11.8 Å². The van der Waals surface area contributed by atoms with Crippen molar-refractivity contribution in [2.45, 2.75) is 13.0 Å². The van der Waals surface area contributed by atoms with E-state index in [0.717, 1.165) is 27.8 Å². The molecule has 3 nitrogen and oxygen atoms in total. The van der Waals surface area contributed by atoms with Gasteiger partial charge in [-0.2, -0.15) is 5.26 Å². The Morgan fingerprint density at radius 2 is 1.81 bits per heavy atom. The van der Waals surface area contributed by atoms with E-state index in [1.54, 1.807) is 6.20 Å². The van der Waals surface area contributed by atoms with Gasteiger partial charge >= 0.3 is 0 Å². The fourth-order valence-electron chi connectivity index (χ4n) is 2.24. The summed E-state index contributed by atoms with van der Waals surface area (Å²) in [7, 11) is 0. The summed E-state index contributed by atoms with van der Waals surface area (Å²) in [5, 5.41) is 9.77. The molecule has 21 heavy (non-hydrogen) atoms. The lowest BCUT2D eigenvalue weighted by Gasteiger charge is -2.08. The number of ether oxygens (including phenoxy) is 1. The molecule has 0 amide bonds. The third kappa shape index (κ3) is 3.01. The van der Waals surface area contributed by atoms with Gasteiger partial charge in [0.25, 0.3) is 0 Å². The van der Waals surface area contributed by atoms with Gasteiger partial charge in [-0.05, 0) is 23.8 Å². The molecule has 0 aliphatic rings. The summed E-state index contributed by atoms with van der Waals surface area (Å²) in [4.78, 5) is 4.42. The van der Waals surface area contributed by atoms with Crippen LogP contribution in [0.4, 0.5) is 0 Å². The first-order chi connectivity index (χ1) is 10.4. The van der Waals surface area contributed by atoms with Gasteiger partial charge in [-0.1, -0.05) is 36.4 Å². The molecular formula is C18H14N2O. The van der Waals surface area contributed by atoms with Crippen molar-refractivity contribution in [3.63, 3.8) is 0 Å². The molecule has 102 valence electrons. The van der Waals surface area contributed by atoms with E-state index in [2.05, 4.69) is 11.1 Å². The largest absolute Gasteiger partial charge is 0.489 e. The average molecular weight is 274 g/mol. The van der Waals surface area contributed by atoms with E-state index in [-0.39, 0.29) is 0 Å². The number of pyridine rings is 1. The normalized spacial score (nSPS) is 10.2. The molecular weight excluding hydrogens is 260 g/mol. The van der Waals surface area contributed by atoms with Gasteiger partial charge in [0.05, 0.1) is 18.0 Å². The number of benzene rings is 2. The smallest absolute Gasteiger partial charge is 0.119 e.